The van der Waals surface area contributed by atoms with E-state index < -0.39 is 15.4 Å². The third-order valence-electron chi connectivity index (χ3n) is 4.22. The van der Waals surface area contributed by atoms with Crippen LogP contribution in [0.1, 0.15) is 46.5 Å². The van der Waals surface area contributed by atoms with Gasteiger partial charge in [0.1, 0.15) is 0 Å². The minimum Gasteiger partial charge on any atom is -0.332 e. The van der Waals surface area contributed by atoms with E-state index in [1.54, 1.807) is 49.3 Å². The molecule has 6 nitrogen and oxygen atoms in total. The Morgan fingerprint density at radius 1 is 1.04 bits per heavy atom. The summed E-state index contributed by atoms with van der Waals surface area (Å²) in [6, 6.07) is 6.44. The van der Waals surface area contributed by atoms with Crippen LogP contribution in [0.3, 0.4) is 0 Å². The molecule has 1 heterocycles. The molecule has 144 valence electrons. The summed E-state index contributed by atoms with van der Waals surface area (Å²) in [5.74, 6) is -0.185. The molecule has 1 aromatic rings. The molecule has 1 aliphatic rings. The molecule has 0 aliphatic carbocycles. The predicted octanol–water partition coefficient (Wildman–Crippen LogP) is 3.11. The van der Waals surface area contributed by atoms with E-state index in [1.165, 1.54) is 0 Å². The smallest absolute Gasteiger partial charge is 0.243 e. The number of thiocarbonyl (C=S) groups is 1. The minimum atomic E-state index is -3.47. The quantitative estimate of drug-likeness (QED) is 0.766. The van der Waals surface area contributed by atoms with E-state index in [0.29, 0.717) is 18.8 Å². The normalized spacial score (nSPS) is 16.6. The van der Waals surface area contributed by atoms with Crippen LogP contribution in [-0.2, 0) is 14.8 Å². The first-order chi connectivity index (χ1) is 12.1. The fraction of sp³-hybridized carbons (Fsp3) is 0.556. The molecule has 0 atom stereocenters. The number of benzene rings is 1. The second-order valence-corrected chi connectivity index (χ2v) is 9.85. The van der Waals surface area contributed by atoms with E-state index in [1.807, 2.05) is 0 Å². The average molecular weight is 398 g/mol. The molecule has 2 rings (SSSR count). The molecule has 0 saturated carbocycles. The summed E-state index contributed by atoms with van der Waals surface area (Å²) < 4.78 is 27.1. The molecule has 2 N–H and O–H groups in total. The van der Waals surface area contributed by atoms with Crippen LogP contribution in [0, 0.1) is 5.41 Å². The third kappa shape index (κ3) is 5.49. The Labute approximate surface area is 161 Å². The molecule has 8 heteroatoms. The Morgan fingerprint density at radius 2 is 1.58 bits per heavy atom. The molecule has 0 unspecified atom stereocenters. The fourth-order valence-electron chi connectivity index (χ4n) is 2.59. The van der Waals surface area contributed by atoms with Crippen molar-refractivity contribution in [3.8, 4) is 0 Å². The maximum absolute atomic E-state index is 12.8. The Balaban J connectivity index is 2.03. The molecule has 1 fully saturated rings. The molecule has 0 bridgehead atoms. The van der Waals surface area contributed by atoms with Gasteiger partial charge in [0.25, 0.3) is 0 Å². The number of rotatable bonds is 3. The molecule has 1 aliphatic heterocycles. The molecule has 0 spiro atoms. The van der Waals surface area contributed by atoms with E-state index >= 15 is 0 Å². The van der Waals surface area contributed by atoms with E-state index in [2.05, 4.69) is 10.6 Å². The Hall–Kier alpha value is -1.51. The fourth-order valence-corrected chi connectivity index (χ4v) is 4.32. The monoisotopic (exact) mass is 397 g/mol. The van der Waals surface area contributed by atoms with Gasteiger partial charge in [0.15, 0.2) is 5.11 Å². The lowest BCUT2D eigenvalue weighted by molar-refractivity contribution is -0.126. The number of nitrogens with zero attached hydrogens (tertiary/aromatic N) is 1. The van der Waals surface area contributed by atoms with Crippen molar-refractivity contribution >= 4 is 38.9 Å². The van der Waals surface area contributed by atoms with Crippen LogP contribution < -0.4 is 10.6 Å². The zero-order chi connectivity index (χ0) is 19.4. The van der Waals surface area contributed by atoms with Gasteiger partial charge in [-0.05, 0) is 49.3 Å². The van der Waals surface area contributed by atoms with Crippen molar-refractivity contribution in [1.82, 2.24) is 9.62 Å². The largest absolute Gasteiger partial charge is 0.332 e. The summed E-state index contributed by atoms with van der Waals surface area (Å²) in [5.41, 5.74) is 0.0793. The molecular weight excluding hydrogens is 370 g/mol. The summed E-state index contributed by atoms with van der Waals surface area (Å²) >= 11 is 5.14. The van der Waals surface area contributed by atoms with Gasteiger partial charge >= 0.3 is 0 Å². The van der Waals surface area contributed by atoms with Gasteiger partial charge in [-0.1, -0.05) is 33.6 Å². The number of hydrogen-bond acceptors (Lipinski definition) is 4. The highest BCUT2D eigenvalue weighted by Crippen LogP contribution is 2.22. The summed E-state index contributed by atoms with van der Waals surface area (Å²) in [7, 11) is -3.47. The summed E-state index contributed by atoms with van der Waals surface area (Å²) in [4.78, 5) is 12.2. The van der Waals surface area contributed by atoms with Gasteiger partial charge in [0.05, 0.1) is 4.90 Å². The molecule has 0 aromatic heterocycles. The molecule has 1 aromatic carbocycles. The number of amides is 1. The number of hydrogen-bond donors (Lipinski definition) is 2. The first-order valence-corrected chi connectivity index (χ1v) is 10.7. The summed E-state index contributed by atoms with van der Waals surface area (Å²) in [6.07, 6.45) is 3.96. The topological polar surface area (TPSA) is 78.5 Å². The van der Waals surface area contributed by atoms with E-state index in [-0.39, 0.29) is 15.9 Å². The van der Waals surface area contributed by atoms with Crippen molar-refractivity contribution in [3.63, 3.8) is 0 Å². The van der Waals surface area contributed by atoms with Gasteiger partial charge in [-0.3, -0.25) is 4.79 Å². The zero-order valence-corrected chi connectivity index (χ0v) is 17.2. The first kappa shape index (κ1) is 20.8. The van der Waals surface area contributed by atoms with Crippen molar-refractivity contribution in [2.24, 2.45) is 5.41 Å². The van der Waals surface area contributed by atoms with Crippen LogP contribution in [0.2, 0.25) is 0 Å². The van der Waals surface area contributed by atoms with Crippen molar-refractivity contribution in [2.45, 2.75) is 51.3 Å². The van der Waals surface area contributed by atoms with Crippen molar-refractivity contribution in [2.75, 3.05) is 18.4 Å². The number of carbonyl (C=O) groups excluding carboxylic acids is 1. The highest BCUT2D eigenvalue weighted by molar-refractivity contribution is 7.89. The number of sulfonamides is 1. The highest BCUT2D eigenvalue weighted by atomic mass is 32.2. The lowest BCUT2D eigenvalue weighted by Gasteiger charge is -2.20. The van der Waals surface area contributed by atoms with Crippen LogP contribution in [0.15, 0.2) is 29.2 Å². The van der Waals surface area contributed by atoms with E-state index in [9.17, 15) is 13.2 Å². The molecule has 0 radical (unpaired) electrons. The zero-order valence-electron chi connectivity index (χ0n) is 15.5. The second-order valence-electron chi connectivity index (χ2n) is 7.50. The molecule has 26 heavy (non-hydrogen) atoms. The van der Waals surface area contributed by atoms with Crippen molar-refractivity contribution < 1.29 is 13.2 Å². The van der Waals surface area contributed by atoms with Gasteiger partial charge in [0, 0.05) is 24.2 Å². The van der Waals surface area contributed by atoms with Crippen LogP contribution in [0.25, 0.3) is 0 Å². The average Bonchev–Trinajstić information content (AvgIpc) is 2.84. The Kier molecular flexibility index (Phi) is 6.76. The van der Waals surface area contributed by atoms with E-state index in [4.69, 9.17) is 12.2 Å². The number of nitrogens with one attached hydrogen (secondary N) is 2. The van der Waals surface area contributed by atoms with Crippen molar-refractivity contribution in [3.05, 3.63) is 24.3 Å². The Morgan fingerprint density at radius 3 is 2.08 bits per heavy atom. The SMILES string of the molecule is CC(C)(C)C(=O)NC(=S)Nc1ccc(S(=O)(=O)N2CCCCCC2)cc1. The van der Waals surface area contributed by atoms with Crippen LogP contribution in [-0.4, -0.2) is 36.8 Å². The number of carbonyl (C=O) groups is 1. The summed E-state index contributed by atoms with van der Waals surface area (Å²) in [6.45, 7) is 6.55. The van der Waals surface area contributed by atoms with E-state index in [0.717, 1.165) is 25.7 Å². The van der Waals surface area contributed by atoms with Gasteiger partial charge in [-0.2, -0.15) is 4.31 Å². The highest BCUT2D eigenvalue weighted by Gasteiger charge is 2.25. The maximum Gasteiger partial charge on any atom is 0.243 e. The first-order valence-electron chi connectivity index (χ1n) is 8.83. The minimum absolute atomic E-state index is 0.185. The van der Waals surface area contributed by atoms with Crippen LogP contribution >= 0.6 is 12.2 Å². The number of anilines is 1. The lowest BCUT2D eigenvalue weighted by Crippen LogP contribution is -2.41. The summed E-state index contributed by atoms with van der Waals surface area (Å²) in [5, 5.41) is 5.72. The standard InChI is InChI=1S/C18H27N3O3S2/c1-18(2,3)16(22)20-17(25)19-14-8-10-15(11-9-14)26(23,24)21-12-6-4-5-7-13-21/h8-11H,4-7,12-13H2,1-3H3,(H2,19,20,22,25). The molecule has 1 amide bonds. The lowest BCUT2D eigenvalue weighted by atomic mass is 9.96. The van der Waals surface area contributed by atoms with Crippen LogP contribution in [0.4, 0.5) is 5.69 Å². The van der Waals surface area contributed by atoms with Gasteiger partial charge in [-0.25, -0.2) is 8.42 Å². The molecule has 1 saturated heterocycles. The van der Waals surface area contributed by atoms with Gasteiger partial charge in [-0.15, -0.1) is 0 Å². The van der Waals surface area contributed by atoms with Gasteiger partial charge < -0.3 is 10.6 Å². The van der Waals surface area contributed by atoms with Gasteiger partial charge in [0.2, 0.25) is 15.9 Å². The Bertz CT molecular complexity index is 745. The molecular formula is C18H27N3O3S2. The second kappa shape index (κ2) is 8.45. The predicted molar refractivity (Wildman–Crippen MR) is 107 cm³/mol. The maximum atomic E-state index is 12.8. The third-order valence-corrected chi connectivity index (χ3v) is 6.34. The van der Waals surface area contributed by atoms with Crippen molar-refractivity contribution in [1.29, 1.82) is 0 Å². The van der Waals surface area contributed by atoms with Crippen LogP contribution in [0.5, 0.6) is 0 Å².